The molecule has 0 bridgehead atoms. The summed E-state index contributed by atoms with van der Waals surface area (Å²) in [7, 11) is 0. The number of nitrogens with zero attached hydrogens (tertiary/aromatic N) is 3. The van der Waals surface area contributed by atoms with Crippen molar-refractivity contribution in [2.24, 2.45) is 5.92 Å². The van der Waals surface area contributed by atoms with Gasteiger partial charge in [-0.15, -0.1) is 0 Å². The Morgan fingerprint density at radius 1 is 1.17 bits per heavy atom. The van der Waals surface area contributed by atoms with Gasteiger partial charge in [-0.1, -0.05) is 32.4 Å². The van der Waals surface area contributed by atoms with Gasteiger partial charge < -0.3 is 10.3 Å². The van der Waals surface area contributed by atoms with Crippen molar-refractivity contribution in [1.82, 2.24) is 25.2 Å². The molecule has 3 heterocycles. The van der Waals surface area contributed by atoms with Crippen LogP contribution in [0.2, 0.25) is 0 Å². The Morgan fingerprint density at radius 2 is 1.97 bits per heavy atom. The fourth-order valence-electron chi connectivity index (χ4n) is 3.61. The molecule has 0 aliphatic carbocycles. The van der Waals surface area contributed by atoms with Crippen molar-refractivity contribution in [3.8, 4) is 0 Å². The largest absolute Gasteiger partial charge is 0.346 e. The van der Waals surface area contributed by atoms with Gasteiger partial charge >= 0.3 is 0 Å². The van der Waals surface area contributed by atoms with E-state index in [1.807, 2.05) is 31.2 Å². The summed E-state index contributed by atoms with van der Waals surface area (Å²) in [5.74, 6) is -0.266. The molecule has 1 aliphatic heterocycles. The van der Waals surface area contributed by atoms with E-state index in [4.69, 9.17) is 0 Å². The first-order chi connectivity index (χ1) is 14.5. The molecule has 3 aromatic rings. The van der Waals surface area contributed by atoms with Gasteiger partial charge in [0.25, 0.3) is 11.8 Å². The molecule has 0 saturated heterocycles. The van der Waals surface area contributed by atoms with E-state index in [0.717, 1.165) is 22.4 Å². The number of fused-ring (bicyclic) bond motifs is 2. The average molecular weight is 405 g/mol. The summed E-state index contributed by atoms with van der Waals surface area (Å²) in [6.45, 7) is 4.11. The van der Waals surface area contributed by atoms with Crippen LogP contribution in [0.5, 0.6) is 0 Å². The van der Waals surface area contributed by atoms with Crippen LogP contribution in [0, 0.1) is 5.92 Å². The summed E-state index contributed by atoms with van der Waals surface area (Å²) >= 11 is 0. The van der Waals surface area contributed by atoms with Gasteiger partial charge in [0.05, 0.1) is 22.6 Å². The zero-order chi connectivity index (χ0) is 21.3. The highest BCUT2D eigenvalue weighted by Gasteiger charge is 2.36. The maximum Gasteiger partial charge on any atom is 0.280 e. The number of H-pyrrole nitrogens is 1. The Balaban J connectivity index is 1.45. The molecular weight excluding hydrogens is 382 g/mol. The number of nitrogens with one attached hydrogen (secondary N) is 2. The average Bonchev–Trinajstić information content (AvgIpc) is 3.30. The lowest BCUT2D eigenvalue weighted by atomic mass is 9.98. The minimum atomic E-state index is -0.459. The fourth-order valence-corrected chi connectivity index (χ4v) is 3.61. The third kappa shape index (κ3) is 3.56. The van der Waals surface area contributed by atoms with Crippen LogP contribution in [0.15, 0.2) is 42.6 Å². The quantitative estimate of drug-likeness (QED) is 0.588. The van der Waals surface area contributed by atoms with E-state index in [0.29, 0.717) is 5.82 Å². The topological polar surface area (TPSA) is 108 Å². The van der Waals surface area contributed by atoms with Crippen molar-refractivity contribution in [2.75, 3.05) is 6.54 Å². The number of hydrogen-bond acceptors (Lipinski definition) is 5. The number of para-hydroxylation sites is 2. The van der Waals surface area contributed by atoms with Crippen LogP contribution in [0.1, 0.15) is 59.4 Å². The zero-order valence-electron chi connectivity index (χ0n) is 16.9. The number of aromatic nitrogens is 3. The highest BCUT2D eigenvalue weighted by molar-refractivity contribution is 6.20. The molecule has 4 rings (SSSR count). The second-order valence-electron chi connectivity index (χ2n) is 7.48. The normalized spacial score (nSPS) is 15.3. The molecule has 2 N–H and O–H groups in total. The molecule has 0 saturated carbocycles. The molecule has 2 aromatic heterocycles. The van der Waals surface area contributed by atoms with Crippen LogP contribution < -0.4 is 5.32 Å². The lowest BCUT2D eigenvalue weighted by molar-refractivity contribution is -0.122. The SMILES string of the molecule is CC[C@@H](C)[C@H](NC(=O)CCN1C(=O)c2cccnc2C1=O)c1nc2ccccc2[nH]1. The highest BCUT2D eigenvalue weighted by Crippen LogP contribution is 2.25. The summed E-state index contributed by atoms with van der Waals surface area (Å²) < 4.78 is 0. The van der Waals surface area contributed by atoms with Crippen molar-refractivity contribution in [1.29, 1.82) is 0 Å². The van der Waals surface area contributed by atoms with Crippen LogP contribution in [0.25, 0.3) is 11.0 Å². The standard InChI is InChI=1S/C22H23N5O3/c1-3-13(2)18(20-24-15-8-4-5-9-16(15)25-20)26-17(28)10-12-27-21(29)14-7-6-11-23-19(14)22(27)30/h4-9,11,13,18H,3,10,12H2,1-2H3,(H,24,25)(H,26,28)/t13-,18+/m1/s1. The van der Waals surface area contributed by atoms with Crippen LogP contribution >= 0.6 is 0 Å². The van der Waals surface area contributed by atoms with Gasteiger partial charge in [0.1, 0.15) is 11.5 Å². The number of aromatic amines is 1. The Labute approximate surface area is 173 Å². The van der Waals surface area contributed by atoms with E-state index in [9.17, 15) is 14.4 Å². The predicted octanol–water partition coefficient (Wildman–Crippen LogP) is 2.85. The molecule has 8 nitrogen and oxygen atoms in total. The molecule has 8 heteroatoms. The van der Waals surface area contributed by atoms with E-state index in [1.165, 1.54) is 6.20 Å². The van der Waals surface area contributed by atoms with E-state index in [-0.39, 0.29) is 42.1 Å². The maximum absolute atomic E-state index is 12.7. The van der Waals surface area contributed by atoms with Crippen LogP contribution in [0.3, 0.4) is 0 Å². The van der Waals surface area contributed by atoms with Gasteiger partial charge in [-0.2, -0.15) is 0 Å². The van der Waals surface area contributed by atoms with Gasteiger partial charge in [0.15, 0.2) is 0 Å². The lowest BCUT2D eigenvalue weighted by Crippen LogP contribution is -2.37. The number of amides is 3. The monoisotopic (exact) mass is 405 g/mol. The number of pyridine rings is 1. The van der Waals surface area contributed by atoms with E-state index in [2.05, 4.69) is 27.2 Å². The Bertz CT molecular complexity index is 1050. The molecule has 0 unspecified atom stereocenters. The van der Waals surface area contributed by atoms with Crippen molar-refractivity contribution in [3.05, 3.63) is 59.7 Å². The predicted molar refractivity (Wildman–Crippen MR) is 111 cm³/mol. The second-order valence-corrected chi connectivity index (χ2v) is 7.48. The molecule has 30 heavy (non-hydrogen) atoms. The van der Waals surface area contributed by atoms with Gasteiger partial charge in [-0.25, -0.2) is 4.98 Å². The fraction of sp³-hybridized carbons (Fsp3) is 0.318. The number of carbonyl (C=O) groups is 3. The van der Waals surface area contributed by atoms with Crippen LogP contribution in [-0.2, 0) is 4.79 Å². The van der Waals surface area contributed by atoms with Crippen molar-refractivity contribution in [3.63, 3.8) is 0 Å². The van der Waals surface area contributed by atoms with Gasteiger partial charge in [0.2, 0.25) is 5.91 Å². The van der Waals surface area contributed by atoms with Gasteiger partial charge in [-0.05, 0) is 30.2 Å². The smallest absolute Gasteiger partial charge is 0.280 e. The van der Waals surface area contributed by atoms with Gasteiger partial charge in [-0.3, -0.25) is 24.3 Å². The molecule has 1 aliphatic rings. The lowest BCUT2D eigenvalue weighted by Gasteiger charge is -2.23. The summed E-state index contributed by atoms with van der Waals surface area (Å²) in [5.41, 5.74) is 2.17. The molecule has 2 atom stereocenters. The van der Waals surface area contributed by atoms with E-state index < -0.39 is 11.8 Å². The van der Waals surface area contributed by atoms with E-state index >= 15 is 0 Å². The Morgan fingerprint density at radius 3 is 2.70 bits per heavy atom. The Kier molecular flexibility index (Phi) is 5.31. The minimum Gasteiger partial charge on any atom is -0.346 e. The number of rotatable bonds is 7. The number of imidazole rings is 1. The van der Waals surface area contributed by atoms with E-state index in [1.54, 1.807) is 12.1 Å². The van der Waals surface area contributed by atoms with Crippen molar-refractivity contribution >= 4 is 28.8 Å². The molecule has 0 spiro atoms. The van der Waals surface area contributed by atoms with Crippen molar-refractivity contribution < 1.29 is 14.4 Å². The molecule has 3 amide bonds. The first kappa shape index (κ1) is 19.8. The maximum atomic E-state index is 12.7. The summed E-state index contributed by atoms with van der Waals surface area (Å²) in [6, 6.07) is 10.6. The zero-order valence-corrected chi connectivity index (χ0v) is 16.9. The van der Waals surface area contributed by atoms with Crippen molar-refractivity contribution in [2.45, 2.75) is 32.7 Å². The molecule has 1 aromatic carbocycles. The first-order valence-corrected chi connectivity index (χ1v) is 10.0. The highest BCUT2D eigenvalue weighted by atomic mass is 16.2. The number of hydrogen-bond donors (Lipinski definition) is 2. The third-order valence-electron chi connectivity index (χ3n) is 5.53. The first-order valence-electron chi connectivity index (χ1n) is 10.0. The molecule has 0 fully saturated rings. The third-order valence-corrected chi connectivity index (χ3v) is 5.53. The summed E-state index contributed by atoms with van der Waals surface area (Å²) in [5, 5.41) is 3.02. The molecular formula is C22H23N5O3. The Hall–Kier alpha value is -3.55. The molecule has 154 valence electrons. The van der Waals surface area contributed by atoms with Gasteiger partial charge in [0, 0.05) is 19.2 Å². The number of imide groups is 1. The second kappa shape index (κ2) is 8.06. The number of carbonyl (C=O) groups excluding carboxylic acids is 3. The van der Waals surface area contributed by atoms with Crippen LogP contribution in [-0.4, -0.2) is 44.1 Å². The summed E-state index contributed by atoms with van der Waals surface area (Å²) in [6.07, 6.45) is 2.34. The minimum absolute atomic E-state index is 0.00716. The summed E-state index contributed by atoms with van der Waals surface area (Å²) in [4.78, 5) is 50.5. The molecule has 0 radical (unpaired) electrons. The number of benzene rings is 1. The van der Waals surface area contributed by atoms with Crippen LogP contribution in [0.4, 0.5) is 0 Å².